The molecule has 4 N–H and O–H groups in total. The highest BCUT2D eigenvalue weighted by atomic mass is 16.5. The Morgan fingerprint density at radius 3 is 2.95 bits per heavy atom. The van der Waals surface area contributed by atoms with Crippen LogP contribution in [0.4, 0.5) is 5.82 Å². The Morgan fingerprint density at radius 1 is 1.67 bits per heavy atom. The van der Waals surface area contributed by atoms with Crippen molar-refractivity contribution in [1.82, 2.24) is 9.55 Å². The van der Waals surface area contributed by atoms with Crippen molar-refractivity contribution in [3.63, 3.8) is 0 Å². The fraction of sp³-hybridized carbons (Fsp3) is 0.583. The van der Waals surface area contributed by atoms with E-state index >= 15 is 0 Å². The summed E-state index contributed by atoms with van der Waals surface area (Å²) >= 11 is 0. The summed E-state index contributed by atoms with van der Waals surface area (Å²) in [7, 11) is 0. The molecule has 0 unspecified atom stereocenters. The summed E-state index contributed by atoms with van der Waals surface area (Å²) in [6, 6.07) is 0. The molecule has 0 spiro atoms. The Bertz CT molecular complexity index is 587. The Hall–Kier alpha value is -1.97. The Kier molecular flexibility index (Phi) is 4.56. The second-order valence-corrected chi connectivity index (χ2v) is 4.58. The Morgan fingerprint density at radius 2 is 2.38 bits per heavy atom. The van der Waals surface area contributed by atoms with Crippen LogP contribution in [0.1, 0.15) is 29.9 Å². The number of rotatable bonds is 4. The van der Waals surface area contributed by atoms with E-state index in [1.165, 1.54) is 0 Å². The van der Waals surface area contributed by atoms with Gasteiger partial charge in [0.15, 0.2) is 6.23 Å². The van der Waals surface area contributed by atoms with E-state index in [1.807, 2.05) is 0 Å². The first-order valence-corrected chi connectivity index (χ1v) is 6.48. The minimum atomic E-state index is -1.03. The molecule has 2 heterocycles. The highest BCUT2D eigenvalue weighted by Crippen LogP contribution is 2.28. The average molecular weight is 299 g/mol. The van der Waals surface area contributed by atoms with Gasteiger partial charge >= 0.3 is 11.7 Å². The van der Waals surface area contributed by atoms with Crippen molar-refractivity contribution in [3.05, 3.63) is 22.2 Å². The molecule has 116 valence electrons. The van der Waals surface area contributed by atoms with Gasteiger partial charge in [0.2, 0.25) is 0 Å². The fourth-order valence-electron chi connectivity index (χ4n) is 2.13. The fourth-order valence-corrected chi connectivity index (χ4v) is 2.13. The average Bonchev–Trinajstić information content (AvgIpc) is 2.80. The number of aliphatic hydroxyl groups is 2. The predicted octanol–water partition coefficient (Wildman–Crippen LogP) is -1.36. The van der Waals surface area contributed by atoms with Crippen LogP contribution in [-0.2, 0) is 9.47 Å². The minimum Gasteiger partial charge on any atom is -0.462 e. The van der Waals surface area contributed by atoms with Crippen molar-refractivity contribution >= 4 is 11.8 Å². The van der Waals surface area contributed by atoms with Crippen molar-refractivity contribution in [3.8, 4) is 0 Å². The number of nitrogens with two attached hydrogens (primary N) is 1. The van der Waals surface area contributed by atoms with Gasteiger partial charge in [0.05, 0.1) is 19.3 Å². The molecule has 0 radical (unpaired) electrons. The van der Waals surface area contributed by atoms with Gasteiger partial charge in [-0.15, -0.1) is 0 Å². The lowest BCUT2D eigenvalue weighted by Gasteiger charge is -2.18. The monoisotopic (exact) mass is 299 g/mol. The van der Waals surface area contributed by atoms with Gasteiger partial charge in [0.1, 0.15) is 17.5 Å². The number of aliphatic hydroxyl groups excluding tert-OH is 2. The molecule has 1 saturated heterocycles. The number of nitrogens with zero attached hydrogens (tertiary/aromatic N) is 2. The van der Waals surface area contributed by atoms with Gasteiger partial charge in [-0.2, -0.15) is 4.98 Å². The lowest BCUT2D eigenvalue weighted by atomic mass is 10.2. The molecule has 2 rings (SSSR count). The number of nitrogen functional groups attached to an aromatic ring is 1. The molecule has 0 amide bonds. The highest BCUT2D eigenvalue weighted by molar-refractivity contribution is 5.93. The molecule has 1 fully saturated rings. The van der Waals surface area contributed by atoms with Crippen LogP contribution >= 0.6 is 0 Å². The number of hydrogen-bond donors (Lipinski definition) is 3. The van der Waals surface area contributed by atoms with E-state index in [0.717, 1.165) is 10.8 Å². The smallest absolute Gasteiger partial charge is 0.351 e. The van der Waals surface area contributed by atoms with Crippen LogP contribution < -0.4 is 11.4 Å². The molecule has 21 heavy (non-hydrogen) atoms. The van der Waals surface area contributed by atoms with E-state index in [-0.39, 0.29) is 31.0 Å². The van der Waals surface area contributed by atoms with Crippen LogP contribution in [0.15, 0.2) is 11.0 Å². The molecule has 3 atom stereocenters. The van der Waals surface area contributed by atoms with Crippen molar-refractivity contribution in [2.24, 2.45) is 0 Å². The van der Waals surface area contributed by atoms with Crippen LogP contribution in [0.2, 0.25) is 0 Å². The van der Waals surface area contributed by atoms with Gasteiger partial charge in [-0.05, 0) is 6.92 Å². The van der Waals surface area contributed by atoms with E-state index in [2.05, 4.69) is 4.98 Å². The number of anilines is 1. The van der Waals surface area contributed by atoms with Crippen LogP contribution in [-0.4, -0.2) is 51.2 Å². The maximum absolute atomic E-state index is 11.9. The van der Waals surface area contributed by atoms with E-state index in [9.17, 15) is 14.7 Å². The summed E-state index contributed by atoms with van der Waals surface area (Å²) in [5.74, 6) is -0.969. The van der Waals surface area contributed by atoms with Gasteiger partial charge in [0.25, 0.3) is 0 Å². The predicted molar refractivity (Wildman–Crippen MR) is 70.5 cm³/mol. The van der Waals surface area contributed by atoms with Gasteiger partial charge in [0, 0.05) is 12.6 Å². The second kappa shape index (κ2) is 6.20. The summed E-state index contributed by atoms with van der Waals surface area (Å²) in [5.41, 5.74) is 4.70. The summed E-state index contributed by atoms with van der Waals surface area (Å²) in [4.78, 5) is 27.1. The zero-order chi connectivity index (χ0) is 15.6. The number of aromatic nitrogens is 2. The zero-order valence-electron chi connectivity index (χ0n) is 11.4. The van der Waals surface area contributed by atoms with E-state index in [4.69, 9.17) is 20.3 Å². The van der Waals surface area contributed by atoms with E-state index in [1.54, 1.807) is 6.92 Å². The maximum atomic E-state index is 11.9. The zero-order valence-corrected chi connectivity index (χ0v) is 11.4. The van der Waals surface area contributed by atoms with Gasteiger partial charge in [-0.1, -0.05) is 0 Å². The molecule has 9 nitrogen and oxygen atoms in total. The number of hydrogen-bond acceptors (Lipinski definition) is 8. The van der Waals surface area contributed by atoms with Crippen LogP contribution in [0.3, 0.4) is 0 Å². The first kappa shape index (κ1) is 15.4. The van der Waals surface area contributed by atoms with Crippen molar-refractivity contribution in [2.75, 3.05) is 18.9 Å². The molecule has 1 aliphatic rings. The molecule has 1 aliphatic heterocycles. The number of carbonyl (C=O) groups is 1. The molecule has 9 heteroatoms. The van der Waals surface area contributed by atoms with Crippen molar-refractivity contribution < 1.29 is 24.5 Å². The third kappa shape index (κ3) is 3.04. The summed E-state index contributed by atoms with van der Waals surface area (Å²) in [5, 5.41) is 18.9. The van der Waals surface area contributed by atoms with Gasteiger partial charge in [-0.3, -0.25) is 4.57 Å². The van der Waals surface area contributed by atoms with Crippen LogP contribution in [0.5, 0.6) is 0 Å². The van der Waals surface area contributed by atoms with Gasteiger partial charge in [-0.25, -0.2) is 9.59 Å². The molecule has 0 aliphatic carbocycles. The van der Waals surface area contributed by atoms with Gasteiger partial charge < -0.3 is 25.4 Å². The second-order valence-electron chi connectivity index (χ2n) is 4.58. The lowest BCUT2D eigenvalue weighted by Crippen LogP contribution is -2.33. The minimum absolute atomic E-state index is 0.0836. The number of esters is 1. The highest BCUT2D eigenvalue weighted by Gasteiger charge is 2.36. The summed E-state index contributed by atoms with van der Waals surface area (Å²) in [6.07, 6.45) is -1.29. The van der Waals surface area contributed by atoms with E-state index < -0.39 is 30.1 Å². The molecule has 1 aromatic rings. The third-order valence-electron chi connectivity index (χ3n) is 3.12. The summed E-state index contributed by atoms with van der Waals surface area (Å²) in [6.45, 7) is 1.50. The normalized spacial score (nSPS) is 25.0. The standard InChI is InChI=1S/C12H17N3O6/c1-2-20-11(18)7-4-15(12(19)14-9(7)13)10-8(17)3-6(5-16)21-10/h4,6,8,10,16-17H,2-3,5H2,1H3,(H2,13,14,19)/t6-,8+,10+/m0/s1. The van der Waals surface area contributed by atoms with Crippen molar-refractivity contribution in [1.29, 1.82) is 0 Å². The molecule has 1 aromatic heterocycles. The summed E-state index contributed by atoms with van der Waals surface area (Å²) < 4.78 is 11.1. The lowest BCUT2D eigenvalue weighted by molar-refractivity contribution is -0.0530. The molecule has 0 saturated carbocycles. The number of ether oxygens (including phenoxy) is 2. The third-order valence-corrected chi connectivity index (χ3v) is 3.12. The number of carbonyl (C=O) groups excluding carboxylic acids is 1. The first-order chi connectivity index (χ1) is 9.97. The Labute approximate surface area is 119 Å². The molecular formula is C12H17N3O6. The molecule has 0 bridgehead atoms. The van der Waals surface area contributed by atoms with Crippen LogP contribution in [0, 0.1) is 0 Å². The van der Waals surface area contributed by atoms with E-state index in [0.29, 0.717) is 0 Å². The SMILES string of the molecule is CCOC(=O)c1cn([C@@H]2O[C@H](CO)C[C@H]2O)c(=O)nc1N. The first-order valence-electron chi connectivity index (χ1n) is 6.48. The maximum Gasteiger partial charge on any atom is 0.351 e. The Balaban J connectivity index is 2.38. The van der Waals surface area contributed by atoms with Crippen molar-refractivity contribution in [2.45, 2.75) is 31.8 Å². The van der Waals surface area contributed by atoms with Crippen LogP contribution in [0.25, 0.3) is 0 Å². The largest absolute Gasteiger partial charge is 0.462 e. The topological polar surface area (TPSA) is 137 Å². The quantitative estimate of drug-likeness (QED) is 0.580. The molecule has 0 aromatic carbocycles. The molecular weight excluding hydrogens is 282 g/mol.